The van der Waals surface area contributed by atoms with Gasteiger partial charge in [-0.3, -0.25) is 0 Å². The Bertz CT molecular complexity index is 227. The van der Waals surface area contributed by atoms with Gasteiger partial charge in [-0.25, -0.2) is 4.79 Å². The van der Waals surface area contributed by atoms with Gasteiger partial charge in [0.05, 0.1) is 6.10 Å². The van der Waals surface area contributed by atoms with E-state index in [4.69, 9.17) is 9.47 Å². The molecule has 0 N–H and O–H groups in total. The molecule has 0 heterocycles. The van der Waals surface area contributed by atoms with Crippen LogP contribution in [0.1, 0.15) is 46.0 Å². The van der Waals surface area contributed by atoms with Crippen LogP contribution in [0.5, 0.6) is 0 Å². The average molecular weight is 212 g/mol. The zero-order valence-electron chi connectivity index (χ0n) is 9.62. The average Bonchev–Trinajstić information content (AvgIpc) is 2.17. The highest BCUT2D eigenvalue weighted by atomic mass is 16.7. The summed E-state index contributed by atoms with van der Waals surface area (Å²) in [4.78, 5) is 11.0. The molecule has 1 aliphatic carbocycles. The minimum Gasteiger partial charge on any atom is -0.431 e. The highest BCUT2D eigenvalue weighted by molar-refractivity contribution is 5.81. The number of hydrogen-bond donors (Lipinski definition) is 0. The molecule has 0 aliphatic heterocycles. The van der Waals surface area contributed by atoms with E-state index in [0.29, 0.717) is 0 Å². The number of rotatable bonds is 4. The number of esters is 1. The standard InChI is InChI=1S/C12H20O3/c1-4-11(13)15-12(2,3)14-10-8-6-5-7-9-10/h4,10H,1,5-9H2,2-3H3. The van der Waals surface area contributed by atoms with Crippen molar-refractivity contribution in [3.63, 3.8) is 0 Å². The van der Waals surface area contributed by atoms with Crippen molar-refractivity contribution in [2.75, 3.05) is 0 Å². The maximum atomic E-state index is 11.0. The van der Waals surface area contributed by atoms with Gasteiger partial charge in [-0.1, -0.05) is 25.8 Å². The van der Waals surface area contributed by atoms with Crippen LogP contribution >= 0.6 is 0 Å². The predicted octanol–water partition coefficient (Wildman–Crippen LogP) is 2.80. The molecule has 1 rings (SSSR count). The Morgan fingerprint density at radius 3 is 2.47 bits per heavy atom. The molecule has 3 heteroatoms. The lowest BCUT2D eigenvalue weighted by atomic mass is 9.97. The summed E-state index contributed by atoms with van der Waals surface area (Å²) in [6.07, 6.45) is 7.21. The molecule has 86 valence electrons. The minimum atomic E-state index is -0.840. The molecule has 0 saturated heterocycles. The van der Waals surface area contributed by atoms with Crippen molar-refractivity contribution < 1.29 is 14.3 Å². The molecule has 3 nitrogen and oxygen atoms in total. The third-order valence-electron chi connectivity index (χ3n) is 2.52. The Morgan fingerprint density at radius 1 is 1.33 bits per heavy atom. The number of hydrogen-bond acceptors (Lipinski definition) is 3. The fraction of sp³-hybridized carbons (Fsp3) is 0.750. The van der Waals surface area contributed by atoms with E-state index in [1.165, 1.54) is 19.3 Å². The van der Waals surface area contributed by atoms with E-state index in [9.17, 15) is 4.79 Å². The second kappa shape index (κ2) is 5.31. The van der Waals surface area contributed by atoms with Crippen molar-refractivity contribution in [3.8, 4) is 0 Å². The summed E-state index contributed by atoms with van der Waals surface area (Å²) in [5, 5.41) is 0. The molecule has 0 radical (unpaired) electrons. The van der Waals surface area contributed by atoms with Crippen LogP contribution in [0.3, 0.4) is 0 Å². The number of ether oxygens (including phenoxy) is 2. The first-order chi connectivity index (χ1) is 7.03. The molecule has 0 aromatic carbocycles. The maximum absolute atomic E-state index is 11.0. The van der Waals surface area contributed by atoms with Gasteiger partial charge in [0.25, 0.3) is 0 Å². The highest BCUT2D eigenvalue weighted by Gasteiger charge is 2.27. The normalized spacial score (nSPS) is 18.5. The molecule has 0 aromatic heterocycles. The van der Waals surface area contributed by atoms with Gasteiger partial charge in [-0.05, 0) is 12.8 Å². The van der Waals surface area contributed by atoms with Crippen LogP contribution in [0, 0.1) is 0 Å². The van der Waals surface area contributed by atoms with Crippen molar-refractivity contribution in [2.24, 2.45) is 0 Å². The quantitative estimate of drug-likeness (QED) is 0.408. The van der Waals surface area contributed by atoms with Gasteiger partial charge in [-0.15, -0.1) is 0 Å². The van der Waals surface area contributed by atoms with Crippen molar-refractivity contribution in [3.05, 3.63) is 12.7 Å². The van der Waals surface area contributed by atoms with E-state index in [2.05, 4.69) is 6.58 Å². The molecule has 1 saturated carbocycles. The van der Waals surface area contributed by atoms with Crippen LogP contribution in [0.2, 0.25) is 0 Å². The first-order valence-electron chi connectivity index (χ1n) is 5.57. The van der Waals surface area contributed by atoms with Gasteiger partial charge < -0.3 is 9.47 Å². The van der Waals surface area contributed by atoms with Gasteiger partial charge in [0.15, 0.2) is 0 Å². The zero-order chi connectivity index (χ0) is 11.3. The number of carbonyl (C=O) groups excluding carboxylic acids is 1. The van der Waals surface area contributed by atoms with Gasteiger partial charge in [-0.2, -0.15) is 0 Å². The summed E-state index contributed by atoms with van der Waals surface area (Å²) in [6, 6.07) is 0. The van der Waals surface area contributed by atoms with E-state index in [1.54, 1.807) is 13.8 Å². The molecule has 0 aromatic rings. The predicted molar refractivity (Wildman–Crippen MR) is 58.3 cm³/mol. The van der Waals surface area contributed by atoms with E-state index in [-0.39, 0.29) is 6.10 Å². The molecular weight excluding hydrogens is 192 g/mol. The lowest BCUT2D eigenvalue weighted by molar-refractivity contribution is -0.232. The summed E-state index contributed by atoms with van der Waals surface area (Å²) in [7, 11) is 0. The van der Waals surface area contributed by atoms with Crippen LogP contribution in [0.25, 0.3) is 0 Å². The van der Waals surface area contributed by atoms with Crippen LogP contribution in [-0.4, -0.2) is 17.9 Å². The Balaban J connectivity index is 2.39. The number of carbonyl (C=O) groups is 1. The lowest BCUT2D eigenvalue weighted by Crippen LogP contribution is -2.36. The molecule has 1 fully saturated rings. The van der Waals surface area contributed by atoms with E-state index in [0.717, 1.165) is 18.9 Å². The van der Waals surface area contributed by atoms with Crippen LogP contribution in [0.15, 0.2) is 12.7 Å². The van der Waals surface area contributed by atoms with E-state index < -0.39 is 11.8 Å². The first kappa shape index (κ1) is 12.2. The molecule has 0 amide bonds. The van der Waals surface area contributed by atoms with Crippen LogP contribution in [-0.2, 0) is 14.3 Å². The van der Waals surface area contributed by atoms with Gasteiger partial charge in [0.2, 0.25) is 5.79 Å². The van der Waals surface area contributed by atoms with Crippen molar-refractivity contribution >= 4 is 5.97 Å². The summed E-state index contributed by atoms with van der Waals surface area (Å²) in [5.74, 6) is -1.27. The SMILES string of the molecule is C=CC(=O)OC(C)(C)OC1CCCCC1. The Labute approximate surface area is 91.4 Å². The molecule has 0 unspecified atom stereocenters. The monoisotopic (exact) mass is 212 g/mol. The van der Waals surface area contributed by atoms with Gasteiger partial charge >= 0.3 is 5.97 Å². The molecular formula is C12H20O3. The topological polar surface area (TPSA) is 35.5 Å². The third kappa shape index (κ3) is 4.47. The second-order valence-electron chi connectivity index (χ2n) is 4.40. The molecule has 1 aliphatic rings. The van der Waals surface area contributed by atoms with Gasteiger partial charge in [0, 0.05) is 19.9 Å². The zero-order valence-corrected chi connectivity index (χ0v) is 9.62. The van der Waals surface area contributed by atoms with Crippen molar-refractivity contribution in [1.29, 1.82) is 0 Å². The fourth-order valence-corrected chi connectivity index (χ4v) is 1.89. The Hall–Kier alpha value is -0.830. The van der Waals surface area contributed by atoms with Crippen molar-refractivity contribution in [1.82, 2.24) is 0 Å². The lowest BCUT2D eigenvalue weighted by Gasteiger charge is -2.32. The maximum Gasteiger partial charge on any atom is 0.332 e. The molecule has 0 atom stereocenters. The summed E-state index contributed by atoms with van der Waals surface area (Å²) >= 11 is 0. The highest BCUT2D eigenvalue weighted by Crippen LogP contribution is 2.25. The van der Waals surface area contributed by atoms with E-state index in [1.807, 2.05) is 0 Å². The van der Waals surface area contributed by atoms with Crippen LogP contribution < -0.4 is 0 Å². The van der Waals surface area contributed by atoms with Crippen LogP contribution in [0.4, 0.5) is 0 Å². The minimum absolute atomic E-state index is 0.228. The Morgan fingerprint density at radius 2 is 1.93 bits per heavy atom. The summed E-state index contributed by atoms with van der Waals surface area (Å²) in [6.45, 7) is 6.90. The fourth-order valence-electron chi connectivity index (χ4n) is 1.89. The third-order valence-corrected chi connectivity index (χ3v) is 2.52. The van der Waals surface area contributed by atoms with Gasteiger partial charge in [0.1, 0.15) is 0 Å². The smallest absolute Gasteiger partial charge is 0.332 e. The second-order valence-corrected chi connectivity index (χ2v) is 4.40. The Kier molecular flexibility index (Phi) is 4.33. The molecule has 0 spiro atoms. The molecule has 0 bridgehead atoms. The summed E-state index contributed by atoms with van der Waals surface area (Å²) in [5.41, 5.74) is 0. The van der Waals surface area contributed by atoms with Crippen molar-refractivity contribution in [2.45, 2.75) is 57.8 Å². The summed E-state index contributed by atoms with van der Waals surface area (Å²) < 4.78 is 10.9. The molecule has 15 heavy (non-hydrogen) atoms. The first-order valence-corrected chi connectivity index (χ1v) is 5.57. The largest absolute Gasteiger partial charge is 0.431 e. The van der Waals surface area contributed by atoms with E-state index >= 15 is 0 Å².